The fourth-order valence-corrected chi connectivity index (χ4v) is 3.26. The summed E-state index contributed by atoms with van der Waals surface area (Å²) in [5.74, 6) is 1.29. The fraction of sp³-hybridized carbons (Fsp3) is 0.200. The highest BCUT2D eigenvalue weighted by atomic mass is 35.5. The molecule has 0 bridgehead atoms. The van der Waals surface area contributed by atoms with E-state index in [1.807, 2.05) is 56.3 Å². The number of ether oxygens (including phenoxy) is 3. The van der Waals surface area contributed by atoms with Crippen molar-refractivity contribution in [2.75, 3.05) is 18.5 Å². The van der Waals surface area contributed by atoms with Crippen molar-refractivity contribution >= 4 is 40.8 Å². The Kier molecular flexibility index (Phi) is 8.21. The molecule has 0 radical (unpaired) electrons. The number of anilines is 2. The van der Waals surface area contributed by atoms with Gasteiger partial charge in [-0.15, -0.1) is 12.4 Å². The van der Waals surface area contributed by atoms with Crippen molar-refractivity contribution in [1.82, 2.24) is 15.0 Å². The molecule has 1 N–H and O–H groups in total. The second kappa shape index (κ2) is 11.3. The number of fused-ring (bicyclic) bond motifs is 1. The largest absolute Gasteiger partial charge is 0.492 e. The van der Waals surface area contributed by atoms with Crippen LogP contribution in [0.5, 0.6) is 17.4 Å². The van der Waals surface area contributed by atoms with Gasteiger partial charge in [-0.2, -0.15) is 0 Å². The summed E-state index contributed by atoms with van der Waals surface area (Å²) in [6.45, 7) is 6.26. The maximum atomic E-state index is 12.6. The number of esters is 1. The maximum absolute atomic E-state index is 12.6. The van der Waals surface area contributed by atoms with E-state index in [4.69, 9.17) is 14.2 Å². The number of para-hydroxylation sites is 1. The number of aryl methyl sites for hydroxylation is 1. The van der Waals surface area contributed by atoms with Gasteiger partial charge in [-0.1, -0.05) is 18.2 Å². The van der Waals surface area contributed by atoms with Crippen LogP contribution in [0.2, 0.25) is 0 Å². The van der Waals surface area contributed by atoms with Crippen LogP contribution in [-0.2, 0) is 4.74 Å². The Labute approximate surface area is 203 Å². The Bertz CT molecular complexity index is 1270. The lowest BCUT2D eigenvalue weighted by atomic mass is 10.1. The van der Waals surface area contributed by atoms with E-state index in [-0.39, 0.29) is 19.0 Å². The van der Waals surface area contributed by atoms with Crippen molar-refractivity contribution in [2.24, 2.45) is 0 Å². The van der Waals surface area contributed by atoms with Crippen LogP contribution in [0.25, 0.3) is 11.0 Å². The molecule has 0 spiro atoms. The molecular formula is C25H25ClN4O4. The zero-order valence-electron chi connectivity index (χ0n) is 19.1. The number of pyridine rings is 3. The van der Waals surface area contributed by atoms with Crippen LogP contribution in [0.4, 0.5) is 11.4 Å². The van der Waals surface area contributed by atoms with Gasteiger partial charge in [0.2, 0.25) is 5.88 Å². The van der Waals surface area contributed by atoms with Crippen molar-refractivity contribution in [3.05, 3.63) is 72.2 Å². The summed E-state index contributed by atoms with van der Waals surface area (Å²) in [6.07, 6.45) is 3.10. The van der Waals surface area contributed by atoms with Crippen LogP contribution >= 0.6 is 12.4 Å². The number of carbonyl (C=O) groups excluding carboxylic acids is 1. The van der Waals surface area contributed by atoms with Gasteiger partial charge in [-0.3, -0.25) is 0 Å². The minimum absolute atomic E-state index is 0. The van der Waals surface area contributed by atoms with Gasteiger partial charge in [0.25, 0.3) is 0 Å². The number of rotatable bonds is 8. The van der Waals surface area contributed by atoms with Crippen LogP contribution in [-0.4, -0.2) is 34.1 Å². The van der Waals surface area contributed by atoms with Crippen molar-refractivity contribution in [2.45, 2.75) is 20.8 Å². The van der Waals surface area contributed by atoms with Gasteiger partial charge in [-0.25, -0.2) is 19.7 Å². The Hall–Kier alpha value is -3.91. The second-order valence-electron chi connectivity index (χ2n) is 7.07. The molecule has 0 unspecified atom stereocenters. The van der Waals surface area contributed by atoms with Gasteiger partial charge in [0.15, 0.2) is 5.65 Å². The first-order chi connectivity index (χ1) is 16.1. The number of carbonyl (C=O) groups is 1. The first kappa shape index (κ1) is 24.7. The topological polar surface area (TPSA) is 95.5 Å². The molecular weight excluding hydrogens is 456 g/mol. The summed E-state index contributed by atoms with van der Waals surface area (Å²) in [5.41, 5.74) is 2.68. The van der Waals surface area contributed by atoms with Crippen LogP contribution in [0.15, 0.2) is 60.9 Å². The van der Waals surface area contributed by atoms with Crippen LogP contribution in [0.3, 0.4) is 0 Å². The number of benzene rings is 1. The Balaban J connectivity index is 0.00000324. The molecule has 0 atom stereocenters. The lowest BCUT2D eigenvalue weighted by Gasteiger charge is -2.15. The molecule has 34 heavy (non-hydrogen) atoms. The molecule has 0 aliphatic rings. The number of nitrogens with zero attached hydrogens (tertiary/aromatic N) is 3. The van der Waals surface area contributed by atoms with E-state index in [0.29, 0.717) is 52.0 Å². The van der Waals surface area contributed by atoms with E-state index in [0.717, 1.165) is 5.69 Å². The third-order valence-electron chi connectivity index (χ3n) is 4.77. The fourth-order valence-electron chi connectivity index (χ4n) is 3.26. The van der Waals surface area contributed by atoms with Crippen molar-refractivity contribution < 1.29 is 19.0 Å². The van der Waals surface area contributed by atoms with Gasteiger partial charge in [-0.05, 0) is 45.0 Å². The molecule has 0 saturated carbocycles. The van der Waals surface area contributed by atoms with Gasteiger partial charge in [0.05, 0.1) is 36.5 Å². The van der Waals surface area contributed by atoms with Crippen molar-refractivity contribution in [1.29, 1.82) is 0 Å². The highest BCUT2D eigenvalue weighted by molar-refractivity contribution is 6.05. The summed E-state index contributed by atoms with van der Waals surface area (Å²) in [4.78, 5) is 25.9. The van der Waals surface area contributed by atoms with Gasteiger partial charge < -0.3 is 19.5 Å². The average molecular weight is 481 g/mol. The van der Waals surface area contributed by atoms with Gasteiger partial charge in [0, 0.05) is 17.6 Å². The monoisotopic (exact) mass is 480 g/mol. The van der Waals surface area contributed by atoms with E-state index >= 15 is 0 Å². The number of halogens is 1. The number of hydrogen-bond donors (Lipinski definition) is 1. The Morgan fingerprint density at radius 2 is 1.79 bits per heavy atom. The zero-order chi connectivity index (χ0) is 23.2. The van der Waals surface area contributed by atoms with Gasteiger partial charge >= 0.3 is 5.97 Å². The molecule has 8 nitrogen and oxygen atoms in total. The summed E-state index contributed by atoms with van der Waals surface area (Å²) in [6, 6.07) is 14.8. The molecule has 1 aromatic carbocycles. The molecule has 0 aliphatic heterocycles. The van der Waals surface area contributed by atoms with Crippen LogP contribution < -0.4 is 14.8 Å². The quantitative estimate of drug-likeness (QED) is 0.313. The van der Waals surface area contributed by atoms with E-state index in [2.05, 4.69) is 20.3 Å². The third-order valence-corrected chi connectivity index (χ3v) is 4.77. The molecule has 3 aromatic heterocycles. The van der Waals surface area contributed by atoms with Crippen molar-refractivity contribution in [3.63, 3.8) is 0 Å². The predicted molar refractivity (Wildman–Crippen MR) is 133 cm³/mol. The molecule has 9 heteroatoms. The highest BCUT2D eigenvalue weighted by Crippen LogP contribution is 2.33. The lowest BCUT2D eigenvalue weighted by molar-refractivity contribution is 0.0527. The third kappa shape index (κ3) is 5.52. The Morgan fingerprint density at radius 3 is 2.47 bits per heavy atom. The number of aromatic nitrogens is 3. The standard InChI is InChI=1S/C25H24N4O4.ClH/c1-4-31-21-13-19-23(20(25(30)32-5-2)15-27-24(19)28-16(21)3)29-17-11-12-22(26-14-17)33-18-9-7-6-8-10-18;/h6-15H,4-5H2,1-3H3,(H,27,28,29);1H. The van der Waals surface area contributed by atoms with E-state index in [9.17, 15) is 4.79 Å². The zero-order valence-corrected chi connectivity index (χ0v) is 19.9. The molecule has 4 rings (SSSR count). The molecule has 0 fully saturated rings. The van der Waals surface area contributed by atoms with E-state index in [1.54, 1.807) is 19.2 Å². The highest BCUT2D eigenvalue weighted by Gasteiger charge is 2.19. The number of nitrogens with one attached hydrogen (secondary N) is 1. The smallest absolute Gasteiger partial charge is 0.341 e. The number of hydrogen-bond acceptors (Lipinski definition) is 8. The second-order valence-corrected chi connectivity index (χ2v) is 7.07. The summed E-state index contributed by atoms with van der Waals surface area (Å²) in [7, 11) is 0. The predicted octanol–water partition coefficient (Wildman–Crippen LogP) is 5.87. The van der Waals surface area contributed by atoms with Crippen LogP contribution in [0, 0.1) is 6.92 Å². The molecule has 0 saturated heterocycles. The molecule has 3 heterocycles. The van der Waals surface area contributed by atoms with Gasteiger partial charge in [0.1, 0.15) is 17.1 Å². The minimum atomic E-state index is -0.482. The molecule has 176 valence electrons. The lowest BCUT2D eigenvalue weighted by Crippen LogP contribution is -2.10. The first-order valence-electron chi connectivity index (χ1n) is 10.6. The molecule has 0 aliphatic carbocycles. The summed E-state index contributed by atoms with van der Waals surface area (Å²) >= 11 is 0. The van der Waals surface area contributed by atoms with Crippen LogP contribution in [0.1, 0.15) is 29.9 Å². The van der Waals surface area contributed by atoms with E-state index < -0.39 is 5.97 Å². The summed E-state index contributed by atoms with van der Waals surface area (Å²) in [5, 5.41) is 3.92. The summed E-state index contributed by atoms with van der Waals surface area (Å²) < 4.78 is 16.7. The minimum Gasteiger partial charge on any atom is -0.492 e. The van der Waals surface area contributed by atoms with Crippen molar-refractivity contribution in [3.8, 4) is 17.4 Å². The first-order valence-corrected chi connectivity index (χ1v) is 10.6. The average Bonchev–Trinajstić information content (AvgIpc) is 2.82. The Morgan fingerprint density at radius 1 is 1.00 bits per heavy atom. The molecule has 4 aromatic rings. The normalized spacial score (nSPS) is 10.3. The molecule has 0 amide bonds. The van der Waals surface area contributed by atoms with E-state index in [1.165, 1.54) is 6.20 Å². The maximum Gasteiger partial charge on any atom is 0.341 e. The SMILES string of the molecule is CCOC(=O)c1cnc2nc(C)c(OCC)cc2c1Nc1ccc(Oc2ccccc2)nc1.Cl.